The van der Waals surface area contributed by atoms with Crippen LogP contribution < -0.4 is 10.6 Å². The highest BCUT2D eigenvalue weighted by Crippen LogP contribution is 2.80. The highest BCUT2D eigenvalue weighted by atomic mass is 16.7. The van der Waals surface area contributed by atoms with E-state index in [0.29, 0.717) is 72.6 Å². The minimum absolute atomic E-state index is 0. The monoisotopic (exact) mass is 1170 g/mol. The zero-order valence-electron chi connectivity index (χ0n) is 52.7. The highest BCUT2D eigenvalue weighted by molar-refractivity contribution is 5.79. The molecule has 2 aromatic rings. The third-order valence-corrected chi connectivity index (χ3v) is 28.1. The number of nitrogens with zero attached hydrogens (tertiary/aromatic N) is 1. The molecule has 6 aliphatic heterocycles. The van der Waals surface area contributed by atoms with E-state index in [1.807, 2.05) is 0 Å². The maximum atomic E-state index is 14.2. The quantitative estimate of drug-likeness (QED) is 0.173. The third kappa shape index (κ3) is 8.12. The topological polar surface area (TPSA) is 138 Å². The van der Waals surface area contributed by atoms with E-state index < -0.39 is 5.60 Å². The first-order chi connectivity index (χ1) is 40.3. The summed E-state index contributed by atoms with van der Waals surface area (Å²) in [5.41, 5.74) is 7.33. The zero-order chi connectivity index (χ0) is 58.3. The second-order valence-corrected chi connectivity index (χ2v) is 31.5. The van der Waals surface area contributed by atoms with Crippen LogP contribution in [0.5, 0.6) is 0 Å². The molecule has 0 aromatic heterocycles. The number of nitrogens with one attached hydrogen (secondary N) is 2. The molecule has 24 atom stereocenters. The second-order valence-electron chi connectivity index (χ2n) is 31.5. The number of epoxide rings is 2. The summed E-state index contributed by atoms with van der Waals surface area (Å²) in [6, 6.07) is 17.6. The van der Waals surface area contributed by atoms with E-state index >= 15 is 0 Å². The molecule has 4 spiro atoms. The summed E-state index contributed by atoms with van der Waals surface area (Å²) in [6.45, 7) is 27.7. The van der Waals surface area contributed by atoms with Crippen LogP contribution in [0.2, 0.25) is 0 Å². The molecule has 1 amide bonds. The normalized spacial score (nSPS) is 50.1. The minimum atomic E-state index is -0.405. The number of hydrogen-bond donors (Lipinski definition) is 4. The number of rotatable bonds is 4. The van der Waals surface area contributed by atoms with Gasteiger partial charge in [0.2, 0.25) is 0 Å². The molecule has 6 heterocycles. The molecule has 11 nitrogen and oxygen atoms in total. The molecule has 4 N–H and O–H groups in total. The van der Waals surface area contributed by atoms with Crippen molar-refractivity contribution >= 4 is 6.09 Å². The Kier molecular flexibility index (Phi) is 14.5. The number of aliphatic hydroxyl groups excluding tert-OH is 2. The van der Waals surface area contributed by atoms with Gasteiger partial charge in [0.25, 0.3) is 0 Å². The van der Waals surface area contributed by atoms with Gasteiger partial charge in [-0.25, -0.2) is 4.79 Å². The lowest BCUT2D eigenvalue weighted by atomic mass is 9.56. The predicted octanol–water partition coefficient (Wildman–Crippen LogP) is 13.3. The maximum absolute atomic E-state index is 14.2. The van der Waals surface area contributed by atoms with Gasteiger partial charge in [0.1, 0.15) is 40.2 Å². The molecular formula is C74H107N3O8. The lowest BCUT2D eigenvalue weighted by Gasteiger charge is -2.49. The molecule has 17 rings (SSSR count). The van der Waals surface area contributed by atoms with Crippen molar-refractivity contribution in [2.24, 2.45) is 70.0 Å². The molecule has 6 saturated carbocycles. The summed E-state index contributed by atoms with van der Waals surface area (Å²) in [4.78, 5) is 16.2. The summed E-state index contributed by atoms with van der Waals surface area (Å²) in [5.74, 6) is 5.67. The molecule has 11 heteroatoms. The van der Waals surface area contributed by atoms with Crippen LogP contribution in [0, 0.1) is 70.0 Å². The van der Waals surface area contributed by atoms with Crippen LogP contribution in [-0.2, 0) is 23.7 Å². The number of benzene rings is 2. The first-order valence-corrected chi connectivity index (χ1v) is 34.3. The molecule has 85 heavy (non-hydrogen) atoms. The van der Waals surface area contributed by atoms with Crippen molar-refractivity contribution in [1.29, 1.82) is 0 Å². The van der Waals surface area contributed by atoms with Crippen LogP contribution in [0.4, 0.5) is 4.79 Å². The van der Waals surface area contributed by atoms with Crippen LogP contribution in [0.25, 0.3) is 11.1 Å². The Bertz CT molecular complexity index is 2940. The smallest absolute Gasteiger partial charge is 0.410 e. The molecule has 6 saturated heterocycles. The summed E-state index contributed by atoms with van der Waals surface area (Å²) in [5, 5.41) is 27.8. The van der Waals surface area contributed by atoms with E-state index in [1.54, 1.807) is 5.57 Å². The number of amides is 1. The van der Waals surface area contributed by atoms with Gasteiger partial charge in [-0.1, -0.05) is 135 Å². The summed E-state index contributed by atoms with van der Waals surface area (Å²) in [6.07, 6.45) is 22.0. The molecule has 0 bridgehead atoms. The molecule has 15 aliphatic rings. The fourth-order valence-electron chi connectivity index (χ4n) is 23.8. The number of ether oxygens (including phenoxy) is 5. The van der Waals surface area contributed by atoms with Crippen molar-refractivity contribution in [1.82, 2.24) is 15.5 Å². The van der Waals surface area contributed by atoms with Crippen LogP contribution in [0.15, 0.2) is 71.8 Å². The van der Waals surface area contributed by atoms with Crippen molar-refractivity contribution < 1.29 is 38.7 Å². The van der Waals surface area contributed by atoms with Crippen LogP contribution >= 0.6 is 0 Å². The fourth-order valence-corrected chi connectivity index (χ4v) is 23.8. The average molecular weight is 1170 g/mol. The SMILES string of the molecule is C.CCNCC.C[C@@H]1CN[C@H]2[C@@H](C)[C@@]3(CC[C@H]4[C@@H]5CC=C6C[C@@H](O)CC[C@]6(C)[C@H]5CC45OC53C)O[C@@H]2C1.C[C@H]1C[C@H]2O[C@]3(CC[C@H]4[C@@H]5CC=C6C[C@@H](O)CC[C@]6(C)[C@H]5CC45OC53C)[C@H](C)[C@@H]2N(C(=O)OCC2c3ccccc3-c3ccccc32)C1. The molecule has 9 aliphatic carbocycles. The van der Waals surface area contributed by atoms with Gasteiger partial charge in [-0.2, -0.15) is 0 Å². The summed E-state index contributed by atoms with van der Waals surface area (Å²) >= 11 is 0. The third-order valence-electron chi connectivity index (χ3n) is 28.1. The molecular weight excluding hydrogens is 1060 g/mol. The minimum Gasteiger partial charge on any atom is -0.448 e. The van der Waals surface area contributed by atoms with E-state index in [1.165, 1.54) is 53.5 Å². The van der Waals surface area contributed by atoms with Gasteiger partial charge in [0.05, 0.1) is 30.5 Å². The molecule has 466 valence electrons. The van der Waals surface area contributed by atoms with Crippen LogP contribution in [0.1, 0.15) is 196 Å². The Morgan fingerprint density at radius 2 is 1.16 bits per heavy atom. The lowest BCUT2D eigenvalue weighted by Crippen LogP contribution is -2.59. The van der Waals surface area contributed by atoms with Crippen molar-refractivity contribution in [2.45, 2.75) is 255 Å². The lowest BCUT2D eigenvalue weighted by molar-refractivity contribution is -0.124. The summed E-state index contributed by atoms with van der Waals surface area (Å²) in [7, 11) is 0. The van der Waals surface area contributed by atoms with Gasteiger partial charge >= 0.3 is 6.09 Å². The Labute approximate surface area is 510 Å². The van der Waals surface area contributed by atoms with Gasteiger partial charge in [0, 0.05) is 30.3 Å². The van der Waals surface area contributed by atoms with Gasteiger partial charge in [-0.3, -0.25) is 0 Å². The van der Waals surface area contributed by atoms with Gasteiger partial charge in [-0.15, -0.1) is 0 Å². The van der Waals surface area contributed by atoms with Crippen molar-refractivity contribution in [3.8, 4) is 11.1 Å². The number of piperidine rings is 2. The number of carbonyl (C=O) groups excluding carboxylic acids is 1. The Hall–Kier alpha value is -3.13. The predicted molar refractivity (Wildman–Crippen MR) is 334 cm³/mol. The number of hydrogen-bond acceptors (Lipinski definition) is 10. The van der Waals surface area contributed by atoms with Crippen molar-refractivity contribution in [3.63, 3.8) is 0 Å². The van der Waals surface area contributed by atoms with Crippen molar-refractivity contribution in [3.05, 3.63) is 83.0 Å². The van der Waals surface area contributed by atoms with Crippen LogP contribution in [-0.4, -0.2) is 124 Å². The van der Waals surface area contributed by atoms with Gasteiger partial charge in [-0.05, 0) is 217 Å². The van der Waals surface area contributed by atoms with E-state index in [-0.39, 0.29) is 88.5 Å². The first-order valence-electron chi connectivity index (χ1n) is 34.3. The Morgan fingerprint density at radius 3 is 1.69 bits per heavy atom. The van der Waals surface area contributed by atoms with E-state index in [0.717, 1.165) is 103 Å². The number of fused-ring (bicyclic) bond motifs is 15. The van der Waals surface area contributed by atoms with Crippen LogP contribution in [0.3, 0.4) is 0 Å². The van der Waals surface area contributed by atoms with E-state index in [4.69, 9.17) is 23.7 Å². The first kappa shape index (κ1) is 59.5. The van der Waals surface area contributed by atoms with E-state index in [2.05, 4.69) is 145 Å². The number of allylic oxidation sites excluding steroid dienone is 2. The van der Waals surface area contributed by atoms with Crippen molar-refractivity contribution in [2.75, 3.05) is 32.8 Å². The molecule has 2 aromatic carbocycles. The van der Waals surface area contributed by atoms with Gasteiger partial charge in [0.15, 0.2) is 0 Å². The Morgan fingerprint density at radius 1 is 0.659 bits per heavy atom. The number of likely N-dealkylation sites (tertiary alicyclic amines) is 1. The standard InChI is InChI=1S/C42H51NO5.C27H41NO3.C4H11N.CH4/c1-24-19-36-37(43(22-24)38(45)46-23-33-30-11-7-5-9-28(30)29-10-6-8-12-31(29)33)25(2)41(47-36)18-16-34-32-14-13-26-20-27(44)15-17-39(26,3)35(32)21-42(34)40(41,4)48-42;1-15-11-22-23(28-14-15)16(2)26(30-22)10-8-20-19-6-5-17-12-18(29)7-9-24(17,3)21(19)13-27(20)25(26,4)31-27;1-3-5-4-2;/h5-13,24-25,27,32-37,44H,14-23H2,1-4H3;5,15-16,18-23,28-29H,6-14H2,1-4H3;5H,3-4H2,1-2H3;1H4/t24-,25+,27-,32-,34-,35-,36+,37-,39-,40?,41+,42?;15-,16+,18-,19-,20-,21-,22+,23-,24-,25?,26+,27?;;/m00../s1. The highest BCUT2D eigenvalue weighted by Gasteiger charge is 2.89. The molecule has 4 unspecified atom stereocenters. The summed E-state index contributed by atoms with van der Waals surface area (Å²) < 4.78 is 35.0. The maximum Gasteiger partial charge on any atom is 0.410 e. The number of carbonyl (C=O) groups is 1. The molecule has 12 fully saturated rings. The van der Waals surface area contributed by atoms with E-state index in [9.17, 15) is 15.0 Å². The second kappa shape index (κ2) is 20.7. The fraction of sp³-hybridized carbons (Fsp3) is 0.770. The Balaban J connectivity index is 0.000000149. The average Bonchev–Trinajstić information content (AvgIpc) is 1.47. The number of aliphatic hydroxyl groups is 2. The van der Waals surface area contributed by atoms with Gasteiger partial charge < -0.3 is 49.4 Å². The zero-order valence-corrected chi connectivity index (χ0v) is 52.7. The molecule has 0 radical (unpaired) electrons. The largest absolute Gasteiger partial charge is 0.448 e.